The fourth-order valence-corrected chi connectivity index (χ4v) is 1.91. The van der Waals surface area contributed by atoms with Crippen LogP contribution in [-0.4, -0.2) is 22.4 Å². The third-order valence-corrected chi connectivity index (χ3v) is 3.20. The minimum Gasteiger partial charge on any atom is -0.351 e. The molecule has 0 fully saturated rings. The van der Waals surface area contributed by atoms with Gasteiger partial charge in [-0.1, -0.05) is 13.3 Å². The van der Waals surface area contributed by atoms with Gasteiger partial charge in [0.05, 0.1) is 5.56 Å². The molecule has 0 saturated carbocycles. The summed E-state index contributed by atoms with van der Waals surface area (Å²) >= 11 is 0. The number of halogens is 3. The van der Waals surface area contributed by atoms with E-state index in [1.807, 2.05) is 6.92 Å². The first kappa shape index (κ1) is 17.7. The molecule has 0 spiro atoms. The number of benzene rings is 1. The second-order valence-corrected chi connectivity index (χ2v) is 5.10. The van der Waals surface area contributed by atoms with Crippen LogP contribution in [0, 0.1) is 0 Å². The molecular weight excluding hydrogens is 321 g/mol. The average Bonchev–Trinajstić information content (AvgIpc) is 2.55. The van der Waals surface area contributed by atoms with Gasteiger partial charge in [-0.2, -0.15) is 13.2 Å². The van der Waals surface area contributed by atoms with Crippen molar-refractivity contribution < 1.29 is 18.0 Å². The third kappa shape index (κ3) is 4.94. The van der Waals surface area contributed by atoms with E-state index in [0.29, 0.717) is 18.1 Å². The number of unbranched alkanes of at least 4 members (excludes halogenated alkanes) is 1. The van der Waals surface area contributed by atoms with Gasteiger partial charge in [0, 0.05) is 18.3 Å². The van der Waals surface area contributed by atoms with Crippen molar-refractivity contribution >= 4 is 17.4 Å². The predicted octanol–water partition coefficient (Wildman–Crippen LogP) is 3.77. The second kappa shape index (κ2) is 7.76. The first-order valence-corrected chi connectivity index (χ1v) is 7.44. The van der Waals surface area contributed by atoms with Crippen LogP contribution in [0.15, 0.2) is 36.7 Å². The van der Waals surface area contributed by atoms with Crippen molar-refractivity contribution in [3.8, 4) is 0 Å². The van der Waals surface area contributed by atoms with E-state index in [-0.39, 0.29) is 11.6 Å². The number of alkyl halides is 3. The zero-order valence-corrected chi connectivity index (χ0v) is 13.0. The van der Waals surface area contributed by atoms with Crippen LogP contribution in [0.1, 0.15) is 35.8 Å². The molecule has 128 valence electrons. The summed E-state index contributed by atoms with van der Waals surface area (Å²) in [4.78, 5) is 19.8. The quantitative estimate of drug-likeness (QED) is 0.787. The summed E-state index contributed by atoms with van der Waals surface area (Å²) in [6, 6.07) is 5.99. The van der Waals surface area contributed by atoms with Crippen molar-refractivity contribution in [2.45, 2.75) is 25.9 Å². The van der Waals surface area contributed by atoms with Crippen molar-refractivity contribution in [3.63, 3.8) is 0 Å². The summed E-state index contributed by atoms with van der Waals surface area (Å²) in [5.74, 6) is 0.00622. The molecule has 0 saturated heterocycles. The van der Waals surface area contributed by atoms with Crippen molar-refractivity contribution in [1.82, 2.24) is 15.3 Å². The number of rotatable bonds is 6. The Morgan fingerprint density at radius 1 is 1.17 bits per heavy atom. The lowest BCUT2D eigenvalue weighted by Gasteiger charge is -2.09. The molecule has 0 bridgehead atoms. The lowest BCUT2D eigenvalue weighted by Crippen LogP contribution is -2.25. The number of anilines is 2. The van der Waals surface area contributed by atoms with Gasteiger partial charge >= 0.3 is 6.18 Å². The molecule has 0 atom stereocenters. The van der Waals surface area contributed by atoms with Gasteiger partial charge in [0.1, 0.15) is 17.8 Å². The zero-order valence-electron chi connectivity index (χ0n) is 13.0. The fourth-order valence-electron chi connectivity index (χ4n) is 1.91. The van der Waals surface area contributed by atoms with Gasteiger partial charge in [-0.05, 0) is 30.7 Å². The van der Waals surface area contributed by atoms with Gasteiger partial charge in [0.2, 0.25) is 0 Å². The van der Waals surface area contributed by atoms with Crippen LogP contribution in [0.4, 0.5) is 24.7 Å². The van der Waals surface area contributed by atoms with E-state index in [0.717, 1.165) is 25.0 Å². The lowest BCUT2D eigenvalue weighted by molar-refractivity contribution is -0.137. The van der Waals surface area contributed by atoms with Crippen LogP contribution in [-0.2, 0) is 6.18 Å². The summed E-state index contributed by atoms with van der Waals surface area (Å²) in [6.45, 7) is 2.57. The average molecular weight is 338 g/mol. The number of hydrogen-bond acceptors (Lipinski definition) is 4. The minimum atomic E-state index is -4.38. The molecule has 2 aromatic rings. The van der Waals surface area contributed by atoms with E-state index in [2.05, 4.69) is 20.6 Å². The molecule has 1 heterocycles. The maximum Gasteiger partial charge on any atom is 0.416 e. The van der Waals surface area contributed by atoms with Crippen LogP contribution >= 0.6 is 0 Å². The number of amides is 1. The Hall–Kier alpha value is -2.64. The Kier molecular flexibility index (Phi) is 5.73. The third-order valence-electron chi connectivity index (χ3n) is 3.20. The highest BCUT2D eigenvalue weighted by Crippen LogP contribution is 2.30. The number of carbonyl (C=O) groups excluding carboxylic acids is 1. The maximum atomic E-state index is 12.5. The molecule has 1 aromatic heterocycles. The topological polar surface area (TPSA) is 66.9 Å². The molecule has 0 aliphatic heterocycles. The second-order valence-electron chi connectivity index (χ2n) is 5.10. The standard InChI is InChI=1S/C16H17F3N4O/c1-2-3-8-20-15(24)13-9-14(22-10-21-13)23-12-6-4-11(5-7-12)16(17,18)19/h4-7,9-10H,2-3,8H2,1H3,(H,20,24)(H,21,22,23). The molecular formula is C16H17F3N4O. The number of carbonyl (C=O) groups is 1. The molecule has 1 amide bonds. The van der Waals surface area contributed by atoms with Crippen LogP contribution < -0.4 is 10.6 Å². The van der Waals surface area contributed by atoms with Crippen molar-refractivity contribution in [3.05, 3.63) is 47.9 Å². The molecule has 0 aliphatic rings. The van der Waals surface area contributed by atoms with Crippen LogP contribution in [0.2, 0.25) is 0 Å². The molecule has 5 nitrogen and oxygen atoms in total. The van der Waals surface area contributed by atoms with Gasteiger partial charge in [0.15, 0.2) is 0 Å². The van der Waals surface area contributed by atoms with E-state index in [1.54, 1.807) is 0 Å². The summed E-state index contributed by atoms with van der Waals surface area (Å²) in [7, 11) is 0. The SMILES string of the molecule is CCCCNC(=O)c1cc(Nc2ccc(C(F)(F)F)cc2)ncn1. The van der Waals surface area contributed by atoms with Crippen molar-refractivity contribution in [2.24, 2.45) is 0 Å². The Balaban J connectivity index is 2.05. The summed E-state index contributed by atoms with van der Waals surface area (Å²) in [5, 5.41) is 5.58. The molecule has 8 heteroatoms. The van der Waals surface area contributed by atoms with E-state index in [1.165, 1.54) is 24.5 Å². The summed E-state index contributed by atoms with van der Waals surface area (Å²) in [5.41, 5.74) is -0.110. The smallest absolute Gasteiger partial charge is 0.351 e. The Labute approximate surface area is 137 Å². The molecule has 0 unspecified atom stereocenters. The van der Waals surface area contributed by atoms with E-state index < -0.39 is 11.7 Å². The lowest BCUT2D eigenvalue weighted by atomic mass is 10.2. The van der Waals surface area contributed by atoms with E-state index in [4.69, 9.17) is 0 Å². The van der Waals surface area contributed by atoms with Crippen LogP contribution in [0.5, 0.6) is 0 Å². The molecule has 24 heavy (non-hydrogen) atoms. The van der Waals surface area contributed by atoms with Gasteiger partial charge in [-0.25, -0.2) is 9.97 Å². The van der Waals surface area contributed by atoms with Crippen LogP contribution in [0.25, 0.3) is 0 Å². The Morgan fingerprint density at radius 3 is 2.50 bits per heavy atom. The molecule has 0 radical (unpaired) electrons. The van der Waals surface area contributed by atoms with Crippen LogP contribution in [0.3, 0.4) is 0 Å². The Morgan fingerprint density at radius 2 is 1.88 bits per heavy atom. The molecule has 2 rings (SSSR count). The minimum absolute atomic E-state index is 0.190. The highest BCUT2D eigenvalue weighted by atomic mass is 19.4. The highest BCUT2D eigenvalue weighted by molar-refractivity contribution is 5.92. The summed E-state index contributed by atoms with van der Waals surface area (Å²) < 4.78 is 37.6. The number of hydrogen-bond donors (Lipinski definition) is 2. The molecule has 2 N–H and O–H groups in total. The first-order chi connectivity index (χ1) is 11.4. The monoisotopic (exact) mass is 338 g/mol. The Bertz CT molecular complexity index is 686. The molecule has 1 aromatic carbocycles. The maximum absolute atomic E-state index is 12.5. The highest BCUT2D eigenvalue weighted by Gasteiger charge is 2.29. The van der Waals surface area contributed by atoms with Crippen molar-refractivity contribution in [2.75, 3.05) is 11.9 Å². The zero-order chi connectivity index (χ0) is 17.6. The van der Waals surface area contributed by atoms with Gasteiger partial charge < -0.3 is 10.6 Å². The van der Waals surface area contributed by atoms with E-state index >= 15 is 0 Å². The normalized spacial score (nSPS) is 11.2. The number of nitrogens with one attached hydrogen (secondary N) is 2. The van der Waals surface area contributed by atoms with Gasteiger partial charge in [0.25, 0.3) is 5.91 Å². The molecule has 0 aliphatic carbocycles. The van der Waals surface area contributed by atoms with Gasteiger partial charge in [-0.15, -0.1) is 0 Å². The predicted molar refractivity (Wildman–Crippen MR) is 84.0 cm³/mol. The van der Waals surface area contributed by atoms with Gasteiger partial charge in [-0.3, -0.25) is 4.79 Å². The number of aromatic nitrogens is 2. The fraction of sp³-hybridized carbons (Fsp3) is 0.312. The van der Waals surface area contributed by atoms with Crippen molar-refractivity contribution in [1.29, 1.82) is 0 Å². The number of nitrogens with zero attached hydrogens (tertiary/aromatic N) is 2. The largest absolute Gasteiger partial charge is 0.416 e. The summed E-state index contributed by atoms with van der Waals surface area (Å²) in [6.07, 6.45) is -1.32. The first-order valence-electron chi connectivity index (χ1n) is 7.44. The van der Waals surface area contributed by atoms with E-state index in [9.17, 15) is 18.0 Å².